The third-order valence-electron chi connectivity index (χ3n) is 9.70. The van der Waals surface area contributed by atoms with Gasteiger partial charge >= 0.3 is 0 Å². The van der Waals surface area contributed by atoms with Crippen LogP contribution in [0.2, 0.25) is 0 Å². The van der Waals surface area contributed by atoms with Crippen LogP contribution in [0.1, 0.15) is 68.2 Å². The van der Waals surface area contributed by atoms with Crippen LogP contribution in [0.25, 0.3) is 10.9 Å². The Bertz CT molecular complexity index is 2320. The molecular weight excluding hydrogens is 652 g/mol. The molecule has 4 aromatic carbocycles. The van der Waals surface area contributed by atoms with Gasteiger partial charge in [-0.1, -0.05) is 42.5 Å². The van der Waals surface area contributed by atoms with Gasteiger partial charge in [0.25, 0.3) is 11.8 Å². The number of hydrogen-bond acceptors (Lipinski definition) is 8. The number of hydrazine groups is 1. The number of para-hydroxylation sites is 1. The van der Waals surface area contributed by atoms with Gasteiger partial charge in [-0.05, 0) is 81.3 Å². The molecule has 2 aromatic heterocycles. The van der Waals surface area contributed by atoms with E-state index in [0.717, 1.165) is 63.2 Å². The highest BCUT2D eigenvalue weighted by Crippen LogP contribution is 2.58. The van der Waals surface area contributed by atoms with Gasteiger partial charge < -0.3 is 20.1 Å². The predicted octanol–water partition coefficient (Wildman–Crippen LogP) is 7.89. The molecule has 0 bridgehead atoms. The lowest BCUT2D eigenvalue weighted by Crippen LogP contribution is -2.56. The second-order valence-corrected chi connectivity index (χ2v) is 13.0. The smallest absolute Gasteiger partial charge is 0.288 e. The largest absolute Gasteiger partial charge is 0.485 e. The van der Waals surface area contributed by atoms with Crippen molar-refractivity contribution in [1.82, 2.24) is 20.4 Å². The van der Waals surface area contributed by atoms with Crippen molar-refractivity contribution in [3.05, 3.63) is 148 Å². The minimum atomic E-state index is -1.25. The molecule has 2 aliphatic rings. The van der Waals surface area contributed by atoms with E-state index in [0.29, 0.717) is 28.5 Å². The van der Waals surface area contributed by atoms with Gasteiger partial charge in [0.2, 0.25) is 0 Å². The van der Waals surface area contributed by atoms with Gasteiger partial charge in [-0.25, -0.2) is 9.99 Å². The number of fused-ring (bicyclic) bond motifs is 7. The summed E-state index contributed by atoms with van der Waals surface area (Å²) in [7, 11) is 0. The van der Waals surface area contributed by atoms with Gasteiger partial charge in [-0.2, -0.15) is 0 Å². The molecule has 8 rings (SSSR count). The van der Waals surface area contributed by atoms with E-state index < -0.39 is 11.4 Å². The molecule has 260 valence electrons. The molecule has 10 heteroatoms. The number of nitrogens with one attached hydrogen (secondary N) is 3. The summed E-state index contributed by atoms with van der Waals surface area (Å²) in [4.78, 5) is 38.0. The van der Waals surface area contributed by atoms with Crippen molar-refractivity contribution in [1.29, 1.82) is 0 Å². The Kier molecular flexibility index (Phi) is 8.22. The van der Waals surface area contributed by atoms with E-state index in [1.54, 1.807) is 30.5 Å². The Labute approximate surface area is 301 Å². The molecule has 3 N–H and O–H groups in total. The molecule has 52 heavy (non-hydrogen) atoms. The van der Waals surface area contributed by atoms with Gasteiger partial charge in [0.1, 0.15) is 40.6 Å². The normalized spacial score (nSPS) is 13.6. The molecule has 2 aliphatic heterocycles. The van der Waals surface area contributed by atoms with E-state index in [2.05, 4.69) is 38.2 Å². The number of aromatic nitrogens is 2. The topological polar surface area (TPSA) is 118 Å². The van der Waals surface area contributed by atoms with Crippen LogP contribution < -0.4 is 25.5 Å². The first-order valence-corrected chi connectivity index (χ1v) is 17.5. The standard InChI is InChI=1S/C42H38N6O4/c1-5-43-34-22-37-31(20-25(34)3)42(32-21-26(4)35(44-6-2)23-38(32)52-37)30-16-8-7-15-29(30)41(50)48(42)47-40(49)33-17-10-14-28(46-33)24-51-36-18-9-12-27-13-11-19-45-39(27)36/h7-23,43-44H,5-6,24H2,1-4H3,(H,47,49). The van der Waals surface area contributed by atoms with Crippen molar-refractivity contribution >= 4 is 34.1 Å². The van der Waals surface area contributed by atoms with Crippen LogP contribution in [0.4, 0.5) is 11.4 Å². The van der Waals surface area contributed by atoms with Crippen LogP contribution in [-0.2, 0) is 12.1 Å². The van der Waals surface area contributed by atoms with Crippen molar-refractivity contribution in [2.45, 2.75) is 39.8 Å². The highest BCUT2D eigenvalue weighted by Gasteiger charge is 2.57. The number of pyridine rings is 2. The van der Waals surface area contributed by atoms with E-state index in [4.69, 9.17) is 9.47 Å². The number of anilines is 2. The predicted molar refractivity (Wildman–Crippen MR) is 201 cm³/mol. The Balaban J connectivity index is 1.22. The van der Waals surface area contributed by atoms with E-state index in [-0.39, 0.29) is 18.2 Å². The lowest BCUT2D eigenvalue weighted by molar-refractivity contribution is 0.0445. The molecule has 0 fully saturated rings. The molecule has 6 aromatic rings. The molecule has 0 saturated heterocycles. The summed E-state index contributed by atoms with van der Waals surface area (Å²) in [5.41, 5.74) is 9.73. The number of rotatable bonds is 9. The lowest BCUT2D eigenvalue weighted by atomic mass is 9.74. The average Bonchev–Trinajstić information content (AvgIpc) is 3.40. The molecule has 4 heterocycles. The lowest BCUT2D eigenvalue weighted by Gasteiger charge is -2.44. The SMILES string of the molecule is CCNc1cc2c(cc1C)C1(c3cc(C)c(NCC)cc3O2)c2ccccc2C(=O)N1NC(=O)c1cccc(COc2cccc3cccnc23)n1. The molecule has 0 unspecified atom stereocenters. The fourth-order valence-corrected chi connectivity index (χ4v) is 7.37. The molecule has 0 aliphatic carbocycles. The summed E-state index contributed by atoms with van der Waals surface area (Å²) in [5, 5.41) is 9.29. The third kappa shape index (κ3) is 5.26. The minimum absolute atomic E-state index is 0.119. The van der Waals surface area contributed by atoms with Crippen LogP contribution in [0.15, 0.2) is 103 Å². The fraction of sp³-hybridized carbons (Fsp3) is 0.190. The molecular formula is C42H38N6O4. The van der Waals surface area contributed by atoms with Crippen LogP contribution >= 0.6 is 0 Å². The zero-order valence-electron chi connectivity index (χ0n) is 29.4. The molecule has 0 saturated carbocycles. The molecule has 10 nitrogen and oxygen atoms in total. The summed E-state index contributed by atoms with van der Waals surface area (Å²) in [6.07, 6.45) is 1.73. The van der Waals surface area contributed by atoms with Crippen LogP contribution in [0.5, 0.6) is 17.2 Å². The second kappa shape index (κ2) is 13.0. The van der Waals surface area contributed by atoms with Crippen molar-refractivity contribution in [3.63, 3.8) is 0 Å². The molecule has 1 spiro atoms. The fourth-order valence-electron chi connectivity index (χ4n) is 7.37. The van der Waals surface area contributed by atoms with E-state index in [1.807, 2.05) is 88.4 Å². The number of carbonyl (C=O) groups is 2. The number of nitrogens with zero attached hydrogens (tertiary/aromatic N) is 3. The number of hydrogen-bond donors (Lipinski definition) is 3. The second-order valence-electron chi connectivity index (χ2n) is 13.0. The van der Waals surface area contributed by atoms with Crippen molar-refractivity contribution < 1.29 is 19.1 Å². The maximum atomic E-state index is 14.6. The third-order valence-corrected chi connectivity index (χ3v) is 9.70. The molecule has 0 atom stereocenters. The highest BCUT2D eigenvalue weighted by molar-refractivity contribution is 6.04. The summed E-state index contributed by atoms with van der Waals surface area (Å²) in [6.45, 7) is 9.71. The Morgan fingerprint density at radius 1 is 0.808 bits per heavy atom. The monoisotopic (exact) mass is 690 g/mol. The zero-order chi connectivity index (χ0) is 36.0. The van der Waals surface area contributed by atoms with E-state index in [9.17, 15) is 9.59 Å². The average molecular weight is 691 g/mol. The van der Waals surface area contributed by atoms with Crippen molar-refractivity contribution in [2.75, 3.05) is 23.7 Å². The molecule has 2 amide bonds. The number of benzene rings is 4. The number of carbonyl (C=O) groups excluding carboxylic acids is 2. The summed E-state index contributed by atoms with van der Waals surface area (Å²) >= 11 is 0. The van der Waals surface area contributed by atoms with Gasteiger partial charge in [0.05, 0.1) is 5.69 Å². The van der Waals surface area contributed by atoms with Crippen molar-refractivity contribution in [2.24, 2.45) is 0 Å². The van der Waals surface area contributed by atoms with Crippen LogP contribution in [-0.4, -0.2) is 39.9 Å². The highest BCUT2D eigenvalue weighted by atomic mass is 16.5. The summed E-state index contributed by atoms with van der Waals surface area (Å²) in [5.74, 6) is 0.918. The quantitative estimate of drug-likeness (QED) is 0.140. The number of amides is 2. The van der Waals surface area contributed by atoms with Gasteiger partial charge in [0.15, 0.2) is 0 Å². The first kappa shape index (κ1) is 32.8. The van der Waals surface area contributed by atoms with E-state index in [1.165, 1.54) is 5.01 Å². The van der Waals surface area contributed by atoms with Gasteiger partial charge in [-0.3, -0.25) is 20.0 Å². The van der Waals surface area contributed by atoms with Crippen molar-refractivity contribution in [3.8, 4) is 17.2 Å². The van der Waals surface area contributed by atoms with Gasteiger partial charge in [-0.15, -0.1) is 0 Å². The zero-order valence-corrected chi connectivity index (χ0v) is 29.4. The minimum Gasteiger partial charge on any atom is -0.485 e. The Morgan fingerprint density at radius 2 is 1.48 bits per heavy atom. The van der Waals surface area contributed by atoms with Crippen LogP contribution in [0, 0.1) is 13.8 Å². The van der Waals surface area contributed by atoms with Gasteiger partial charge in [0, 0.05) is 70.4 Å². The van der Waals surface area contributed by atoms with Crippen LogP contribution in [0.3, 0.4) is 0 Å². The maximum Gasteiger partial charge on any atom is 0.288 e. The van der Waals surface area contributed by atoms with E-state index >= 15 is 0 Å². The Morgan fingerprint density at radius 3 is 2.19 bits per heavy atom. The summed E-state index contributed by atoms with van der Waals surface area (Å²) in [6, 6.07) is 30.4. The first-order valence-electron chi connectivity index (χ1n) is 17.5. The maximum absolute atomic E-state index is 14.6. The summed E-state index contributed by atoms with van der Waals surface area (Å²) < 4.78 is 12.8. The number of ether oxygens (including phenoxy) is 2. The number of aryl methyl sites for hydroxylation is 2. The molecule has 0 radical (unpaired) electrons. The first-order chi connectivity index (χ1) is 25.3. The Hall–Kier alpha value is -6.42.